The maximum Gasteiger partial charge on any atom is 0.321 e. The van der Waals surface area contributed by atoms with Crippen LogP contribution in [0.25, 0.3) is 0 Å². The molecule has 0 spiro atoms. The molecule has 114 valence electrons. The van der Waals surface area contributed by atoms with Gasteiger partial charge in [-0.1, -0.05) is 23.8 Å². The zero-order valence-corrected chi connectivity index (χ0v) is 13.5. The number of thiocarbonyl (C=S) groups is 1. The summed E-state index contributed by atoms with van der Waals surface area (Å²) in [5.41, 5.74) is 6.40. The maximum atomic E-state index is 12.2. The monoisotopic (exact) mass is 326 g/mol. The number of nitrogens with two attached hydrogens (primary N) is 1. The van der Waals surface area contributed by atoms with E-state index in [2.05, 4.69) is 10.2 Å². The van der Waals surface area contributed by atoms with E-state index in [4.69, 9.17) is 29.6 Å². The number of carbonyl (C=O) groups excluding carboxylic acids is 1. The highest BCUT2D eigenvalue weighted by Crippen LogP contribution is 2.14. The molecule has 1 heterocycles. The molecule has 0 aliphatic carbocycles. The number of nitrogens with one attached hydrogen (secondary N) is 1. The van der Waals surface area contributed by atoms with Crippen LogP contribution >= 0.6 is 23.8 Å². The van der Waals surface area contributed by atoms with Crippen molar-refractivity contribution in [1.29, 1.82) is 0 Å². The van der Waals surface area contributed by atoms with Crippen molar-refractivity contribution in [3.8, 4) is 0 Å². The summed E-state index contributed by atoms with van der Waals surface area (Å²) in [5, 5.41) is 3.51. The first-order chi connectivity index (χ1) is 9.97. The minimum atomic E-state index is -0.0973. The molecule has 1 aliphatic heterocycles. The van der Waals surface area contributed by atoms with E-state index in [1.807, 2.05) is 6.92 Å². The quantitative estimate of drug-likeness (QED) is 0.836. The summed E-state index contributed by atoms with van der Waals surface area (Å²) in [7, 11) is 0. The molecule has 1 aromatic rings. The molecule has 1 saturated heterocycles. The van der Waals surface area contributed by atoms with Gasteiger partial charge in [0.15, 0.2) is 0 Å². The van der Waals surface area contributed by atoms with Crippen LogP contribution in [-0.2, 0) is 0 Å². The number of halogens is 1. The molecule has 1 aliphatic rings. The van der Waals surface area contributed by atoms with Crippen LogP contribution < -0.4 is 11.1 Å². The van der Waals surface area contributed by atoms with Gasteiger partial charge in [0, 0.05) is 36.9 Å². The molecule has 1 aromatic carbocycles. The van der Waals surface area contributed by atoms with Crippen molar-refractivity contribution < 1.29 is 4.79 Å². The van der Waals surface area contributed by atoms with Gasteiger partial charge in [0.1, 0.15) is 0 Å². The van der Waals surface area contributed by atoms with E-state index in [-0.39, 0.29) is 12.1 Å². The Kier molecular flexibility index (Phi) is 5.39. The maximum absolute atomic E-state index is 12.2. The Labute approximate surface area is 135 Å². The van der Waals surface area contributed by atoms with E-state index in [1.165, 1.54) is 0 Å². The summed E-state index contributed by atoms with van der Waals surface area (Å²) in [4.78, 5) is 16.6. The minimum absolute atomic E-state index is 0.0708. The van der Waals surface area contributed by atoms with Crippen LogP contribution in [0.3, 0.4) is 0 Å². The normalized spacial score (nSPS) is 17.3. The van der Waals surface area contributed by atoms with E-state index in [9.17, 15) is 4.79 Å². The Balaban J connectivity index is 1.85. The summed E-state index contributed by atoms with van der Waals surface area (Å²) in [6, 6.07) is 7.04. The van der Waals surface area contributed by atoms with Gasteiger partial charge in [-0.05, 0) is 31.2 Å². The number of amides is 2. The Morgan fingerprint density at radius 2 is 1.86 bits per heavy atom. The third-order valence-corrected chi connectivity index (χ3v) is 4.25. The number of hydrogen-bond donors (Lipinski definition) is 2. The van der Waals surface area contributed by atoms with Crippen molar-refractivity contribution in [3.05, 3.63) is 29.3 Å². The number of benzene rings is 1. The molecular weight excluding hydrogens is 308 g/mol. The average molecular weight is 327 g/mol. The number of carbonyl (C=O) groups is 1. The standard InChI is InChI=1S/C14H19ClN4OS/c1-10(13(16)21)18-6-8-19(9-7-18)14(20)17-12-4-2-11(15)3-5-12/h2-5,10H,6-9H2,1H3,(H2,16,21)(H,17,20). The first kappa shape index (κ1) is 16.0. The fourth-order valence-electron chi connectivity index (χ4n) is 2.23. The van der Waals surface area contributed by atoms with Crippen LogP contribution in [0.2, 0.25) is 5.02 Å². The van der Waals surface area contributed by atoms with Gasteiger partial charge < -0.3 is 16.0 Å². The van der Waals surface area contributed by atoms with E-state index < -0.39 is 0 Å². The second-order valence-electron chi connectivity index (χ2n) is 5.04. The van der Waals surface area contributed by atoms with Gasteiger partial charge >= 0.3 is 6.03 Å². The highest BCUT2D eigenvalue weighted by atomic mass is 35.5. The van der Waals surface area contributed by atoms with Gasteiger partial charge in [-0.25, -0.2) is 4.79 Å². The highest BCUT2D eigenvalue weighted by Gasteiger charge is 2.24. The third-order valence-electron chi connectivity index (χ3n) is 3.66. The Morgan fingerprint density at radius 1 is 1.29 bits per heavy atom. The Hall–Kier alpha value is -1.37. The Morgan fingerprint density at radius 3 is 2.38 bits per heavy atom. The molecule has 0 radical (unpaired) electrons. The molecular formula is C14H19ClN4OS. The van der Waals surface area contributed by atoms with Gasteiger partial charge in [-0.15, -0.1) is 0 Å². The predicted molar refractivity (Wildman–Crippen MR) is 89.9 cm³/mol. The summed E-state index contributed by atoms with van der Waals surface area (Å²) in [6.07, 6.45) is 0. The van der Waals surface area contributed by atoms with Gasteiger partial charge in [0.05, 0.1) is 11.0 Å². The largest absolute Gasteiger partial charge is 0.392 e. The van der Waals surface area contributed by atoms with Crippen LogP contribution in [0.5, 0.6) is 0 Å². The van der Waals surface area contributed by atoms with Gasteiger partial charge in [-0.2, -0.15) is 0 Å². The summed E-state index contributed by atoms with van der Waals surface area (Å²) in [5.74, 6) is 0. The first-order valence-corrected chi connectivity index (χ1v) is 7.61. The molecule has 0 bridgehead atoms. The zero-order chi connectivity index (χ0) is 15.4. The number of hydrogen-bond acceptors (Lipinski definition) is 3. The molecule has 1 atom stereocenters. The molecule has 2 rings (SSSR count). The molecule has 3 N–H and O–H groups in total. The lowest BCUT2D eigenvalue weighted by Crippen LogP contribution is -2.54. The molecule has 21 heavy (non-hydrogen) atoms. The van der Waals surface area contributed by atoms with Gasteiger partial charge in [0.25, 0.3) is 0 Å². The third kappa shape index (κ3) is 4.30. The number of piperazine rings is 1. The van der Waals surface area contributed by atoms with Crippen molar-refractivity contribution in [2.75, 3.05) is 31.5 Å². The van der Waals surface area contributed by atoms with Crippen molar-refractivity contribution in [1.82, 2.24) is 9.80 Å². The number of rotatable bonds is 3. The van der Waals surface area contributed by atoms with Gasteiger partial charge in [0.2, 0.25) is 0 Å². The SMILES string of the molecule is CC(C(N)=S)N1CCN(C(=O)Nc2ccc(Cl)cc2)CC1. The molecule has 0 saturated carbocycles. The topological polar surface area (TPSA) is 61.6 Å². The fourth-order valence-corrected chi connectivity index (χ4v) is 2.50. The van der Waals surface area contributed by atoms with Crippen LogP contribution in [0.15, 0.2) is 24.3 Å². The molecule has 7 heteroatoms. The zero-order valence-electron chi connectivity index (χ0n) is 11.9. The molecule has 5 nitrogen and oxygen atoms in total. The number of anilines is 1. The summed E-state index contributed by atoms with van der Waals surface area (Å²) in [6.45, 7) is 4.85. The van der Waals surface area contributed by atoms with Crippen LogP contribution in [0.1, 0.15) is 6.92 Å². The van der Waals surface area contributed by atoms with Crippen LogP contribution in [-0.4, -0.2) is 53.0 Å². The van der Waals surface area contributed by atoms with Crippen molar-refractivity contribution in [2.45, 2.75) is 13.0 Å². The number of urea groups is 1. The lowest BCUT2D eigenvalue weighted by Gasteiger charge is -2.37. The summed E-state index contributed by atoms with van der Waals surface area (Å²) >= 11 is 10.8. The molecule has 1 fully saturated rings. The van der Waals surface area contributed by atoms with Crippen molar-refractivity contribution in [3.63, 3.8) is 0 Å². The smallest absolute Gasteiger partial charge is 0.321 e. The number of nitrogens with zero attached hydrogens (tertiary/aromatic N) is 2. The van der Waals surface area contributed by atoms with E-state index in [1.54, 1.807) is 29.2 Å². The van der Waals surface area contributed by atoms with Crippen molar-refractivity contribution in [2.24, 2.45) is 5.73 Å². The van der Waals surface area contributed by atoms with Crippen LogP contribution in [0, 0.1) is 0 Å². The minimum Gasteiger partial charge on any atom is -0.392 e. The average Bonchev–Trinajstić information content (AvgIpc) is 2.49. The fraction of sp³-hybridized carbons (Fsp3) is 0.429. The molecule has 2 amide bonds. The predicted octanol–water partition coefficient (Wildman–Crippen LogP) is 2.16. The lowest BCUT2D eigenvalue weighted by atomic mass is 10.2. The van der Waals surface area contributed by atoms with E-state index in [0.717, 1.165) is 18.8 Å². The van der Waals surface area contributed by atoms with E-state index in [0.29, 0.717) is 23.1 Å². The first-order valence-electron chi connectivity index (χ1n) is 6.82. The second-order valence-corrected chi connectivity index (χ2v) is 5.95. The lowest BCUT2D eigenvalue weighted by molar-refractivity contribution is 0.139. The van der Waals surface area contributed by atoms with E-state index >= 15 is 0 Å². The Bertz CT molecular complexity index is 514. The van der Waals surface area contributed by atoms with Crippen molar-refractivity contribution >= 4 is 40.5 Å². The van der Waals surface area contributed by atoms with Crippen LogP contribution in [0.4, 0.5) is 10.5 Å². The summed E-state index contributed by atoms with van der Waals surface area (Å²) < 4.78 is 0. The molecule has 0 aromatic heterocycles. The highest BCUT2D eigenvalue weighted by molar-refractivity contribution is 7.80. The van der Waals surface area contributed by atoms with Gasteiger partial charge in [-0.3, -0.25) is 4.90 Å². The second kappa shape index (κ2) is 7.06. The molecule has 1 unspecified atom stereocenters.